The topological polar surface area (TPSA) is 30.0 Å². The van der Waals surface area contributed by atoms with Crippen LogP contribution < -0.4 is 0 Å². The predicted molar refractivity (Wildman–Crippen MR) is 79.1 cm³/mol. The molecule has 0 saturated heterocycles. The molecule has 0 spiro atoms. The van der Waals surface area contributed by atoms with Crippen LogP contribution in [0.4, 0.5) is 0 Å². The quantitative estimate of drug-likeness (QED) is 0.820. The molecule has 0 atom stereocenters. The van der Waals surface area contributed by atoms with Crippen LogP contribution in [-0.2, 0) is 11.2 Å². The van der Waals surface area contributed by atoms with Gasteiger partial charge in [-0.1, -0.05) is 45.0 Å². The second kappa shape index (κ2) is 5.52. The van der Waals surface area contributed by atoms with Gasteiger partial charge in [-0.05, 0) is 25.0 Å². The first-order valence-electron chi connectivity index (χ1n) is 6.85. The van der Waals surface area contributed by atoms with Gasteiger partial charge in [0, 0.05) is 22.9 Å². The fraction of sp³-hybridized carbons (Fsp3) is 0.412. The van der Waals surface area contributed by atoms with E-state index in [4.69, 9.17) is 0 Å². The molecule has 19 heavy (non-hydrogen) atoms. The van der Waals surface area contributed by atoms with Gasteiger partial charge in [-0.25, -0.2) is 0 Å². The van der Waals surface area contributed by atoms with Gasteiger partial charge in [0.25, 0.3) is 0 Å². The average molecular weight is 255 g/mol. The van der Waals surface area contributed by atoms with Crippen LogP contribution in [0.2, 0.25) is 0 Å². The number of benzene rings is 1. The molecule has 2 heteroatoms. The van der Waals surface area contributed by atoms with Crippen LogP contribution in [-0.4, -0.2) is 10.8 Å². The van der Waals surface area contributed by atoms with E-state index in [1.165, 1.54) is 0 Å². The third-order valence-corrected chi connectivity index (χ3v) is 3.33. The molecule has 0 radical (unpaired) electrons. The molecule has 1 aromatic heterocycles. The number of para-hydroxylation sites is 1. The van der Waals surface area contributed by atoms with E-state index in [1.54, 1.807) is 0 Å². The third-order valence-electron chi connectivity index (χ3n) is 3.33. The molecule has 0 aliphatic carbocycles. The van der Waals surface area contributed by atoms with Crippen molar-refractivity contribution < 1.29 is 4.79 Å². The number of hydrogen-bond donors (Lipinski definition) is 0. The van der Waals surface area contributed by atoms with Crippen molar-refractivity contribution in [2.75, 3.05) is 0 Å². The summed E-state index contributed by atoms with van der Waals surface area (Å²) in [6, 6.07) is 12.3. The molecule has 100 valence electrons. The summed E-state index contributed by atoms with van der Waals surface area (Å²) in [6.45, 7) is 5.93. The van der Waals surface area contributed by atoms with Gasteiger partial charge in [0.1, 0.15) is 5.78 Å². The Hall–Kier alpha value is -1.70. The van der Waals surface area contributed by atoms with Crippen molar-refractivity contribution in [3.05, 3.63) is 42.1 Å². The van der Waals surface area contributed by atoms with Crippen LogP contribution in [0, 0.1) is 5.41 Å². The van der Waals surface area contributed by atoms with Crippen molar-refractivity contribution in [1.29, 1.82) is 0 Å². The van der Waals surface area contributed by atoms with Gasteiger partial charge >= 0.3 is 0 Å². The van der Waals surface area contributed by atoms with E-state index < -0.39 is 0 Å². The maximum Gasteiger partial charge on any atom is 0.138 e. The number of hydrogen-bond acceptors (Lipinski definition) is 2. The Balaban J connectivity index is 1.97. The molecule has 1 heterocycles. The molecule has 0 N–H and O–H groups in total. The van der Waals surface area contributed by atoms with E-state index >= 15 is 0 Å². The minimum Gasteiger partial charge on any atom is -0.299 e. The van der Waals surface area contributed by atoms with Gasteiger partial charge < -0.3 is 0 Å². The molecule has 0 saturated carbocycles. The Morgan fingerprint density at radius 2 is 1.84 bits per heavy atom. The first kappa shape index (κ1) is 13.7. The van der Waals surface area contributed by atoms with E-state index in [-0.39, 0.29) is 5.41 Å². The molecule has 0 aliphatic heterocycles. The number of rotatable bonds is 4. The highest BCUT2D eigenvalue weighted by Gasteiger charge is 2.20. The normalized spacial score (nSPS) is 11.7. The number of carbonyl (C=O) groups excluding carboxylic acids is 1. The molecule has 2 nitrogen and oxygen atoms in total. The second-order valence-electron chi connectivity index (χ2n) is 6.02. The van der Waals surface area contributed by atoms with Crippen molar-refractivity contribution in [1.82, 2.24) is 4.98 Å². The maximum atomic E-state index is 11.8. The van der Waals surface area contributed by atoms with E-state index in [9.17, 15) is 4.79 Å². The first-order chi connectivity index (χ1) is 8.97. The largest absolute Gasteiger partial charge is 0.299 e. The molecule has 2 rings (SSSR count). The van der Waals surface area contributed by atoms with Crippen molar-refractivity contribution in [2.24, 2.45) is 5.41 Å². The Morgan fingerprint density at radius 1 is 1.11 bits per heavy atom. The van der Waals surface area contributed by atoms with Crippen molar-refractivity contribution in [2.45, 2.75) is 40.0 Å². The fourth-order valence-electron chi connectivity index (χ4n) is 2.05. The van der Waals surface area contributed by atoms with E-state index in [0.29, 0.717) is 12.2 Å². The fourth-order valence-corrected chi connectivity index (χ4v) is 2.05. The summed E-state index contributed by atoms with van der Waals surface area (Å²) in [6.07, 6.45) is 2.38. The summed E-state index contributed by atoms with van der Waals surface area (Å²) in [4.78, 5) is 16.5. The molecule has 0 unspecified atom stereocenters. The lowest BCUT2D eigenvalue weighted by molar-refractivity contribution is -0.126. The highest BCUT2D eigenvalue weighted by Crippen LogP contribution is 2.19. The molecule has 1 aromatic carbocycles. The Labute approximate surface area is 114 Å². The molecule has 0 amide bonds. The van der Waals surface area contributed by atoms with Crippen LogP contribution in [0.3, 0.4) is 0 Å². The smallest absolute Gasteiger partial charge is 0.138 e. The predicted octanol–water partition coefficient (Wildman–Crippen LogP) is 4.17. The summed E-state index contributed by atoms with van der Waals surface area (Å²) in [5.41, 5.74) is 1.87. The number of aryl methyl sites for hydroxylation is 1. The zero-order valence-electron chi connectivity index (χ0n) is 11.9. The first-order valence-corrected chi connectivity index (χ1v) is 6.85. The zero-order chi connectivity index (χ0) is 13.9. The van der Waals surface area contributed by atoms with E-state index in [2.05, 4.69) is 23.2 Å². The summed E-state index contributed by atoms with van der Waals surface area (Å²) in [7, 11) is 0. The van der Waals surface area contributed by atoms with Gasteiger partial charge in [0.2, 0.25) is 0 Å². The van der Waals surface area contributed by atoms with Crippen LogP contribution in [0.1, 0.15) is 39.3 Å². The maximum absolute atomic E-state index is 11.8. The van der Waals surface area contributed by atoms with Crippen molar-refractivity contribution >= 4 is 16.7 Å². The molecular formula is C17H21NO. The van der Waals surface area contributed by atoms with Crippen LogP contribution >= 0.6 is 0 Å². The van der Waals surface area contributed by atoms with Gasteiger partial charge in [0.15, 0.2) is 0 Å². The average Bonchev–Trinajstić information content (AvgIpc) is 2.37. The van der Waals surface area contributed by atoms with Crippen molar-refractivity contribution in [3.63, 3.8) is 0 Å². The van der Waals surface area contributed by atoms with Crippen LogP contribution in [0.5, 0.6) is 0 Å². The molecule has 0 bridgehead atoms. The summed E-state index contributed by atoms with van der Waals surface area (Å²) >= 11 is 0. The lowest BCUT2D eigenvalue weighted by Crippen LogP contribution is -2.19. The SMILES string of the molecule is CC(C)(C)C(=O)CCCc1ccc2ccccc2n1. The monoisotopic (exact) mass is 255 g/mol. The molecular weight excluding hydrogens is 234 g/mol. The lowest BCUT2D eigenvalue weighted by Gasteiger charge is -2.16. The standard InChI is InChI=1S/C17H21NO/c1-17(2,3)16(19)10-6-8-14-12-11-13-7-4-5-9-15(13)18-14/h4-5,7,9,11-12H,6,8,10H2,1-3H3. The summed E-state index contributed by atoms with van der Waals surface area (Å²) in [5, 5.41) is 1.16. The number of carbonyl (C=O) groups is 1. The number of nitrogens with zero attached hydrogens (tertiary/aromatic N) is 1. The third kappa shape index (κ3) is 3.63. The van der Waals surface area contributed by atoms with Crippen LogP contribution in [0.25, 0.3) is 10.9 Å². The van der Waals surface area contributed by atoms with E-state index in [0.717, 1.165) is 29.4 Å². The second-order valence-corrected chi connectivity index (χ2v) is 6.02. The summed E-state index contributed by atoms with van der Waals surface area (Å²) < 4.78 is 0. The Kier molecular flexibility index (Phi) is 3.98. The number of pyridine rings is 1. The molecule has 0 aliphatic rings. The van der Waals surface area contributed by atoms with Crippen molar-refractivity contribution in [3.8, 4) is 0 Å². The number of aromatic nitrogens is 1. The Bertz CT molecular complexity index is 581. The van der Waals surface area contributed by atoms with Gasteiger partial charge in [0.05, 0.1) is 5.52 Å². The molecule has 0 fully saturated rings. The van der Waals surface area contributed by atoms with E-state index in [1.807, 2.05) is 39.0 Å². The van der Waals surface area contributed by atoms with Gasteiger partial charge in [-0.3, -0.25) is 9.78 Å². The van der Waals surface area contributed by atoms with Gasteiger partial charge in [-0.2, -0.15) is 0 Å². The minimum atomic E-state index is -0.225. The van der Waals surface area contributed by atoms with Crippen LogP contribution in [0.15, 0.2) is 36.4 Å². The number of fused-ring (bicyclic) bond motifs is 1. The zero-order valence-corrected chi connectivity index (χ0v) is 11.9. The highest BCUT2D eigenvalue weighted by molar-refractivity contribution is 5.83. The Morgan fingerprint density at radius 3 is 2.58 bits per heavy atom. The number of ketones is 1. The highest BCUT2D eigenvalue weighted by atomic mass is 16.1. The molecule has 2 aromatic rings. The lowest BCUT2D eigenvalue weighted by atomic mass is 9.88. The van der Waals surface area contributed by atoms with Gasteiger partial charge in [-0.15, -0.1) is 0 Å². The number of Topliss-reactive ketones (excluding diaryl/α,β-unsaturated/α-hetero) is 1. The minimum absolute atomic E-state index is 0.225. The summed E-state index contributed by atoms with van der Waals surface area (Å²) in [5.74, 6) is 0.327.